The molecule has 0 radical (unpaired) electrons. The summed E-state index contributed by atoms with van der Waals surface area (Å²) in [6.07, 6.45) is 8.44. The van der Waals surface area contributed by atoms with Gasteiger partial charge in [0.15, 0.2) is 0 Å². The topological polar surface area (TPSA) is 29.5 Å². The van der Waals surface area contributed by atoms with Gasteiger partial charge in [0.2, 0.25) is 0 Å². The molecule has 1 atom stereocenters. The minimum Gasteiger partial charge on any atom is -0.462 e. The molecule has 1 unspecified atom stereocenters. The molecule has 39 heavy (non-hydrogen) atoms. The normalized spacial score (nSPS) is 14.9. The number of hydrogen-bond acceptors (Lipinski definition) is 3. The van der Waals surface area contributed by atoms with Gasteiger partial charge in [-0.25, -0.2) is 4.79 Å². The highest BCUT2D eigenvalue weighted by Gasteiger charge is 2.26. The Morgan fingerprint density at radius 2 is 1.28 bits per heavy atom. The van der Waals surface area contributed by atoms with Crippen molar-refractivity contribution < 1.29 is 9.53 Å². The van der Waals surface area contributed by atoms with Crippen molar-refractivity contribution in [2.75, 3.05) is 11.5 Å². The predicted octanol–water partition coefficient (Wildman–Crippen LogP) is 7.98. The summed E-state index contributed by atoms with van der Waals surface area (Å²) in [6, 6.07) is 40.1. The minimum absolute atomic E-state index is 0.193. The Morgan fingerprint density at radius 1 is 0.718 bits per heavy atom. The first-order valence-corrected chi connectivity index (χ1v) is 13.8. The number of benzene rings is 4. The van der Waals surface area contributed by atoms with Gasteiger partial charge in [-0.1, -0.05) is 97.1 Å². The van der Waals surface area contributed by atoms with E-state index in [2.05, 4.69) is 108 Å². The molecular weight excluding hydrogens is 478 g/mol. The summed E-state index contributed by atoms with van der Waals surface area (Å²) in [4.78, 5) is 14.7. The minimum atomic E-state index is -0.284. The van der Waals surface area contributed by atoms with Crippen molar-refractivity contribution in [2.45, 2.75) is 38.6 Å². The van der Waals surface area contributed by atoms with Crippen molar-refractivity contribution in [3.05, 3.63) is 161 Å². The quantitative estimate of drug-likeness (QED) is 0.201. The molecule has 1 aliphatic heterocycles. The summed E-state index contributed by atoms with van der Waals surface area (Å²) >= 11 is 0. The Kier molecular flexibility index (Phi) is 8.70. The van der Waals surface area contributed by atoms with E-state index in [0.717, 1.165) is 31.4 Å². The monoisotopic (exact) mass is 513 g/mol. The van der Waals surface area contributed by atoms with E-state index >= 15 is 0 Å². The van der Waals surface area contributed by atoms with Gasteiger partial charge in [0.25, 0.3) is 0 Å². The van der Waals surface area contributed by atoms with Gasteiger partial charge < -0.3 is 9.64 Å². The molecule has 1 aliphatic rings. The van der Waals surface area contributed by atoms with E-state index in [-0.39, 0.29) is 12.0 Å². The van der Waals surface area contributed by atoms with Crippen molar-refractivity contribution in [3.63, 3.8) is 0 Å². The van der Waals surface area contributed by atoms with E-state index in [9.17, 15) is 4.79 Å². The van der Waals surface area contributed by atoms with Crippen LogP contribution in [0.4, 0.5) is 5.69 Å². The lowest BCUT2D eigenvalue weighted by Crippen LogP contribution is -2.36. The lowest BCUT2D eigenvalue weighted by molar-refractivity contribution is 0.0526. The van der Waals surface area contributed by atoms with Gasteiger partial charge in [0.1, 0.15) is 0 Å². The molecule has 0 fully saturated rings. The largest absolute Gasteiger partial charge is 0.462 e. The molecule has 5 rings (SSSR count). The summed E-state index contributed by atoms with van der Waals surface area (Å²) in [5.41, 5.74) is 8.27. The maximum absolute atomic E-state index is 12.3. The van der Waals surface area contributed by atoms with Crippen molar-refractivity contribution >= 4 is 11.7 Å². The molecular formula is C36H35NO2. The highest BCUT2D eigenvalue weighted by molar-refractivity contribution is 5.89. The number of allylic oxidation sites excluding steroid dienone is 2. The first-order valence-electron chi connectivity index (χ1n) is 13.8. The van der Waals surface area contributed by atoms with Gasteiger partial charge in [-0.15, -0.1) is 0 Å². The maximum Gasteiger partial charge on any atom is 0.338 e. The van der Waals surface area contributed by atoms with Crippen LogP contribution in [0.1, 0.15) is 40.4 Å². The first kappa shape index (κ1) is 26.2. The number of carbonyl (C=O) groups excluding carboxylic acids is 1. The molecule has 0 N–H and O–H groups in total. The van der Waals surface area contributed by atoms with Gasteiger partial charge in [-0.3, -0.25) is 0 Å². The van der Waals surface area contributed by atoms with E-state index in [0.29, 0.717) is 12.2 Å². The zero-order chi connectivity index (χ0) is 26.9. The lowest BCUT2D eigenvalue weighted by Gasteiger charge is -2.37. The van der Waals surface area contributed by atoms with Crippen LogP contribution in [0.5, 0.6) is 0 Å². The third-order valence-electron chi connectivity index (χ3n) is 7.17. The van der Waals surface area contributed by atoms with E-state index in [1.54, 1.807) is 0 Å². The van der Waals surface area contributed by atoms with Crippen LogP contribution in [0.25, 0.3) is 0 Å². The van der Waals surface area contributed by atoms with Crippen molar-refractivity contribution in [3.8, 4) is 0 Å². The second-order valence-corrected chi connectivity index (χ2v) is 9.96. The summed E-state index contributed by atoms with van der Waals surface area (Å²) in [6.45, 7) is 2.20. The molecule has 4 aromatic rings. The van der Waals surface area contributed by atoms with Crippen LogP contribution in [0.15, 0.2) is 139 Å². The zero-order valence-electron chi connectivity index (χ0n) is 22.5. The standard InChI is InChI=1S/C36H35NO2/c1-2-39-36(38)32-19-21-34(22-20-32)37-27-31(24-29-14-8-4-9-15-29)26-33(25-30-16-10-5-11-17-30)35(37)23-18-28-12-6-3-7-13-28/h3-17,19-22,26-27,35H,2,18,23-25H2,1H3. The van der Waals surface area contributed by atoms with Crippen LogP contribution in [0.2, 0.25) is 0 Å². The van der Waals surface area contributed by atoms with E-state index in [4.69, 9.17) is 4.74 Å². The van der Waals surface area contributed by atoms with E-state index in [1.807, 2.05) is 31.2 Å². The first-order chi connectivity index (χ1) is 19.2. The maximum atomic E-state index is 12.3. The number of esters is 1. The average Bonchev–Trinajstić information content (AvgIpc) is 2.98. The molecule has 0 saturated carbocycles. The SMILES string of the molecule is CCOC(=O)c1ccc(N2C=C(Cc3ccccc3)C=C(Cc3ccccc3)C2CCc2ccccc2)cc1. The highest BCUT2D eigenvalue weighted by Crippen LogP contribution is 2.33. The lowest BCUT2D eigenvalue weighted by atomic mass is 9.87. The zero-order valence-corrected chi connectivity index (χ0v) is 22.5. The number of ether oxygens (including phenoxy) is 1. The second kappa shape index (κ2) is 12.9. The molecule has 0 aliphatic carbocycles. The number of aryl methyl sites for hydroxylation is 1. The number of anilines is 1. The number of hydrogen-bond donors (Lipinski definition) is 0. The molecule has 0 saturated heterocycles. The molecule has 0 bridgehead atoms. The highest BCUT2D eigenvalue weighted by atomic mass is 16.5. The molecule has 1 heterocycles. The summed E-state index contributed by atoms with van der Waals surface area (Å²) in [5, 5.41) is 0. The Labute approximate surface area is 232 Å². The fourth-order valence-corrected chi connectivity index (χ4v) is 5.26. The summed E-state index contributed by atoms with van der Waals surface area (Å²) in [5.74, 6) is -0.284. The fraction of sp³-hybridized carbons (Fsp3) is 0.194. The summed E-state index contributed by atoms with van der Waals surface area (Å²) in [7, 11) is 0. The number of rotatable bonds is 10. The van der Waals surface area contributed by atoms with E-state index in [1.165, 1.54) is 27.8 Å². The van der Waals surface area contributed by atoms with Crippen LogP contribution in [0.3, 0.4) is 0 Å². The number of nitrogens with zero attached hydrogens (tertiary/aromatic N) is 1. The smallest absolute Gasteiger partial charge is 0.338 e. The van der Waals surface area contributed by atoms with Crippen molar-refractivity contribution in [1.82, 2.24) is 0 Å². The molecule has 196 valence electrons. The Morgan fingerprint density at radius 3 is 1.87 bits per heavy atom. The van der Waals surface area contributed by atoms with Crippen LogP contribution < -0.4 is 4.90 Å². The average molecular weight is 514 g/mol. The van der Waals surface area contributed by atoms with Crippen LogP contribution in [-0.4, -0.2) is 18.6 Å². The molecule has 3 nitrogen and oxygen atoms in total. The molecule has 0 amide bonds. The van der Waals surface area contributed by atoms with Gasteiger partial charge in [0.05, 0.1) is 18.2 Å². The molecule has 0 aromatic heterocycles. The van der Waals surface area contributed by atoms with Gasteiger partial charge in [-0.2, -0.15) is 0 Å². The second-order valence-electron chi connectivity index (χ2n) is 9.96. The van der Waals surface area contributed by atoms with Crippen LogP contribution in [-0.2, 0) is 24.0 Å². The van der Waals surface area contributed by atoms with Crippen LogP contribution >= 0.6 is 0 Å². The molecule has 0 spiro atoms. The Hall–Kier alpha value is -4.37. The third kappa shape index (κ3) is 6.94. The van der Waals surface area contributed by atoms with Gasteiger partial charge in [0, 0.05) is 11.9 Å². The third-order valence-corrected chi connectivity index (χ3v) is 7.17. The fourth-order valence-electron chi connectivity index (χ4n) is 5.26. The van der Waals surface area contributed by atoms with Crippen LogP contribution in [0, 0.1) is 0 Å². The van der Waals surface area contributed by atoms with Gasteiger partial charge in [-0.05, 0) is 84.7 Å². The summed E-state index contributed by atoms with van der Waals surface area (Å²) < 4.78 is 5.22. The van der Waals surface area contributed by atoms with Crippen molar-refractivity contribution in [1.29, 1.82) is 0 Å². The Balaban J connectivity index is 1.51. The van der Waals surface area contributed by atoms with Gasteiger partial charge >= 0.3 is 5.97 Å². The predicted molar refractivity (Wildman–Crippen MR) is 160 cm³/mol. The van der Waals surface area contributed by atoms with E-state index < -0.39 is 0 Å². The molecule has 4 aromatic carbocycles. The van der Waals surface area contributed by atoms with Crippen molar-refractivity contribution in [2.24, 2.45) is 0 Å². The number of carbonyl (C=O) groups is 1. The Bertz CT molecular complexity index is 1410. The molecule has 3 heteroatoms.